The number of aromatic hydroxyl groups is 1. The van der Waals surface area contributed by atoms with Crippen LogP contribution in [0.3, 0.4) is 0 Å². The summed E-state index contributed by atoms with van der Waals surface area (Å²) in [5, 5.41) is 11.4. The second-order valence-corrected chi connectivity index (χ2v) is 8.96. The highest BCUT2D eigenvalue weighted by atomic mass is 35.5. The van der Waals surface area contributed by atoms with Gasteiger partial charge in [0.05, 0.1) is 10.6 Å². The van der Waals surface area contributed by atoms with E-state index < -0.39 is 0 Å². The highest BCUT2D eigenvalue weighted by Crippen LogP contribution is 2.39. The summed E-state index contributed by atoms with van der Waals surface area (Å²) < 4.78 is 0. The molecular formula is C23H23ClN2O2S. The Morgan fingerprint density at radius 3 is 2.59 bits per heavy atom. The normalized spacial score (nSPS) is 20.8. The van der Waals surface area contributed by atoms with Crippen molar-refractivity contribution < 1.29 is 9.90 Å². The molecule has 2 aromatic rings. The first-order valence-corrected chi connectivity index (χ1v) is 11.1. The van der Waals surface area contributed by atoms with Crippen LogP contribution in [0.2, 0.25) is 5.02 Å². The van der Waals surface area contributed by atoms with Crippen molar-refractivity contribution in [1.29, 1.82) is 0 Å². The number of halogens is 1. The number of phenolic OH excluding ortho intramolecular Hbond substituents is 1. The van der Waals surface area contributed by atoms with Crippen molar-refractivity contribution in [3.63, 3.8) is 0 Å². The van der Waals surface area contributed by atoms with E-state index >= 15 is 0 Å². The molecule has 1 saturated carbocycles. The molecule has 2 fully saturated rings. The summed E-state index contributed by atoms with van der Waals surface area (Å²) in [5.74, 6) is 0.0515. The Labute approximate surface area is 180 Å². The van der Waals surface area contributed by atoms with Crippen LogP contribution < -0.4 is 0 Å². The lowest BCUT2D eigenvalue weighted by Gasteiger charge is -2.30. The maximum absolute atomic E-state index is 13.3. The highest BCUT2D eigenvalue weighted by Gasteiger charge is 2.38. The van der Waals surface area contributed by atoms with E-state index in [1.54, 1.807) is 24.3 Å². The van der Waals surface area contributed by atoms with Crippen molar-refractivity contribution in [2.24, 2.45) is 4.99 Å². The van der Waals surface area contributed by atoms with Crippen LogP contribution in [0, 0.1) is 6.92 Å². The fourth-order valence-corrected chi connectivity index (χ4v) is 4.97. The Kier molecular flexibility index (Phi) is 5.97. The van der Waals surface area contributed by atoms with Gasteiger partial charge < -0.3 is 5.11 Å². The van der Waals surface area contributed by atoms with Gasteiger partial charge in [0.1, 0.15) is 5.75 Å². The SMILES string of the molecule is Cc1ccc(N=C2S/C(=C/c3cc(Cl)ccc3O)C(=O)N2C2CCCCC2)cc1. The number of amides is 1. The first kappa shape index (κ1) is 20.0. The largest absolute Gasteiger partial charge is 0.507 e. The van der Waals surface area contributed by atoms with Crippen LogP contribution >= 0.6 is 23.4 Å². The number of thioether (sulfide) groups is 1. The lowest BCUT2D eigenvalue weighted by Crippen LogP contribution is -2.40. The molecule has 0 bridgehead atoms. The van der Waals surface area contributed by atoms with Crippen LogP contribution in [0.5, 0.6) is 5.75 Å². The summed E-state index contributed by atoms with van der Waals surface area (Å²) in [5.41, 5.74) is 2.54. The van der Waals surface area contributed by atoms with Crippen LogP contribution in [0.4, 0.5) is 5.69 Å². The molecule has 0 aromatic heterocycles. The smallest absolute Gasteiger partial charge is 0.267 e. The molecule has 2 aliphatic rings. The van der Waals surface area contributed by atoms with Crippen molar-refractivity contribution in [2.45, 2.75) is 45.1 Å². The predicted molar refractivity (Wildman–Crippen MR) is 121 cm³/mol. The zero-order valence-electron chi connectivity index (χ0n) is 16.3. The van der Waals surface area contributed by atoms with Gasteiger partial charge in [-0.2, -0.15) is 0 Å². The molecule has 6 heteroatoms. The molecule has 4 nitrogen and oxygen atoms in total. The number of benzene rings is 2. The number of aliphatic imine (C=N–C) groups is 1. The quantitative estimate of drug-likeness (QED) is 0.586. The van der Waals surface area contributed by atoms with E-state index in [9.17, 15) is 9.90 Å². The van der Waals surface area contributed by atoms with Gasteiger partial charge in [0.2, 0.25) is 0 Å². The van der Waals surface area contributed by atoms with Gasteiger partial charge in [0, 0.05) is 16.6 Å². The third-order valence-corrected chi connectivity index (χ3v) is 6.53. The van der Waals surface area contributed by atoms with Crippen molar-refractivity contribution >= 4 is 46.2 Å². The number of hydrogen-bond acceptors (Lipinski definition) is 4. The predicted octanol–water partition coefficient (Wildman–Crippen LogP) is 6.29. The number of carbonyl (C=O) groups is 1. The van der Waals surface area contributed by atoms with E-state index in [-0.39, 0.29) is 17.7 Å². The average Bonchev–Trinajstić information content (AvgIpc) is 3.02. The van der Waals surface area contributed by atoms with E-state index in [0.29, 0.717) is 20.7 Å². The fraction of sp³-hybridized carbons (Fsp3) is 0.304. The molecule has 150 valence electrons. The van der Waals surface area contributed by atoms with Gasteiger partial charge in [0.15, 0.2) is 5.17 Å². The van der Waals surface area contributed by atoms with Gasteiger partial charge in [0.25, 0.3) is 5.91 Å². The average molecular weight is 427 g/mol. The summed E-state index contributed by atoms with van der Waals surface area (Å²) >= 11 is 7.43. The lowest BCUT2D eigenvalue weighted by molar-refractivity contribution is -0.124. The number of nitrogens with zero attached hydrogens (tertiary/aromatic N) is 2. The highest BCUT2D eigenvalue weighted by molar-refractivity contribution is 8.18. The number of aryl methyl sites for hydroxylation is 1. The van der Waals surface area contributed by atoms with Crippen molar-refractivity contribution in [2.75, 3.05) is 0 Å². The topological polar surface area (TPSA) is 52.9 Å². The van der Waals surface area contributed by atoms with Gasteiger partial charge in [-0.3, -0.25) is 9.69 Å². The summed E-state index contributed by atoms with van der Waals surface area (Å²) in [6.45, 7) is 2.04. The van der Waals surface area contributed by atoms with Gasteiger partial charge in [-0.1, -0.05) is 48.6 Å². The Bertz CT molecular complexity index is 979. The second kappa shape index (κ2) is 8.64. The molecule has 4 rings (SSSR count). The van der Waals surface area contributed by atoms with E-state index in [0.717, 1.165) is 31.4 Å². The first-order valence-electron chi connectivity index (χ1n) is 9.88. The maximum Gasteiger partial charge on any atom is 0.267 e. The Hall–Kier alpha value is -2.24. The van der Waals surface area contributed by atoms with E-state index in [4.69, 9.17) is 16.6 Å². The van der Waals surface area contributed by atoms with Gasteiger partial charge in [-0.15, -0.1) is 0 Å². The van der Waals surface area contributed by atoms with Gasteiger partial charge in [-0.25, -0.2) is 4.99 Å². The third kappa shape index (κ3) is 4.51. The zero-order valence-corrected chi connectivity index (χ0v) is 17.8. The first-order chi connectivity index (χ1) is 14.0. The maximum atomic E-state index is 13.3. The number of rotatable bonds is 3. The van der Waals surface area contributed by atoms with Gasteiger partial charge >= 0.3 is 0 Å². The van der Waals surface area contributed by atoms with Gasteiger partial charge in [-0.05, 0) is 67.9 Å². The Balaban J connectivity index is 1.72. The number of carbonyl (C=O) groups excluding carboxylic acids is 1. The van der Waals surface area contributed by atoms with E-state index in [1.807, 2.05) is 36.1 Å². The molecule has 2 aromatic carbocycles. The van der Waals surface area contributed by atoms with Crippen LogP contribution in [-0.4, -0.2) is 27.1 Å². The molecule has 1 heterocycles. The fourth-order valence-electron chi connectivity index (χ4n) is 3.74. The van der Waals surface area contributed by atoms with Crippen molar-refractivity contribution in [1.82, 2.24) is 4.90 Å². The number of amidine groups is 1. The van der Waals surface area contributed by atoms with Crippen LogP contribution in [0.1, 0.15) is 43.2 Å². The molecule has 1 aliphatic carbocycles. The van der Waals surface area contributed by atoms with Crippen LogP contribution in [0.15, 0.2) is 52.4 Å². The molecule has 1 N–H and O–H groups in total. The zero-order chi connectivity index (χ0) is 20.4. The van der Waals surface area contributed by atoms with Crippen LogP contribution in [-0.2, 0) is 4.79 Å². The summed E-state index contributed by atoms with van der Waals surface area (Å²) in [7, 11) is 0. The Morgan fingerprint density at radius 1 is 1.14 bits per heavy atom. The minimum atomic E-state index is -0.0489. The third-order valence-electron chi connectivity index (χ3n) is 5.31. The summed E-state index contributed by atoms with van der Waals surface area (Å²) in [4.78, 5) is 20.5. The Morgan fingerprint density at radius 2 is 1.86 bits per heavy atom. The summed E-state index contributed by atoms with van der Waals surface area (Å²) in [6.07, 6.45) is 7.18. The van der Waals surface area contributed by atoms with Crippen molar-refractivity contribution in [3.8, 4) is 5.75 Å². The standard InChI is InChI=1S/C23H23ClN2O2S/c1-15-7-10-18(11-8-15)25-23-26(19-5-3-2-4-6-19)22(28)21(29-23)14-16-13-17(24)9-12-20(16)27/h7-14,19,27H,2-6H2,1H3/b21-14+,25-23?. The molecule has 29 heavy (non-hydrogen) atoms. The van der Waals surface area contributed by atoms with E-state index in [1.165, 1.54) is 23.7 Å². The van der Waals surface area contributed by atoms with E-state index in [2.05, 4.69) is 0 Å². The molecule has 1 saturated heterocycles. The number of hydrogen-bond donors (Lipinski definition) is 1. The minimum absolute atomic E-state index is 0.0489. The molecule has 0 spiro atoms. The van der Waals surface area contributed by atoms with Crippen molar-refractivity contribution in [3.05, 3.63) is 63.5 Å². The van der Waals surface area contributed by atoms with Crippen LogP contribution in [0.25, 0.3) is 6.08 Å². The monoisotopic (exact) mass is 426 g/mol. The molecular weight excluding hydrogens is 404 g/mol. The minimum Gasteiger partial charge on any atom is -0.507 e. The molecule has 0 unspecified atom stereocenters. The molecule has 1 amide bonds. The molecule has 0 atom stereocenters. The molecule has 0 radical (unpaired) electrons. The lowest BCUT2D eigenvalue weighted by atomic mass is 9.94. The number of phenols is 1. The molecule has 1 aliphatic heterocycles. The second-order valence-electron chi connectivity index (χ2n) is 7.51. The summed E-state index contributed by atoms with van der Waals surface area (Å²) in [6, 6.07) is 13.0.